The molecule has 5 amide bonds. The molecule has 0 saturated heterocycles. The first-order valence-electron chi connectivity index (χ1n) is 47.4. The molecule has 6 rings (SSSR count). The number of hydrogen-bond donors (Lipinski definition) is 5. The molecule has 698 valence electrons. The number of rotatable bonds is 70. The summed E-state index contributed by atoms with van der Waals surface area (Å²) >= 11 is 0. The summed E-state index contributed by atoms with van der Waals surface area (Å²) in [5.41, 5.74) is 0.0169. The second kappa shape index (κ2) is 61.3. The number of nitrogens with zero attached hydrogens (tertiary/aromatic N) is 1. The minimum absolute atomic E-state index is 0.00245. The molecule has 126 heavy (non-hydrogen) atoms. The number of nitrogens with one attached hydrogen (secondary N) is 5. The Hall–Kier alpha value is -10.1. The monoisotopic (exact) mass is 1750 g/mol. The van der Waals surface area contributed by atoms with Gasteiger partial charge in [0.05, 0.1) is 136 Å². The third-order valence-corrected chi connectivity index (χ3v) is 22.2. The fourth-order valence-electron chi connectivity index (χ4n) is 14.9. The molecule has 24 heteroatoms. The topological polar surface area (TPSA) is 290 Å². The zero-order valence-electron chi connectivity index (χ0n) is 78.6. The fourth-order valence-corrected chi connectivity index (χ4v) is 14.9. The van der Waals surface area contributed by atoms with Crippen LogP contribution in [-0.4, -0.2) is 110 Å². The summed E-state index contributed by atoms with van der Waals surface area (Å²) in [4.78, 5) is 88.3. The molecule has 0 aliphatic rings. The van der Waals surface area contributed by atoms with E-state index in [9.17, 15) is 14.9 Å². The number of methoxy groups -OCH3 is 5. The van der Waals surface area contributed by atoms with Crippen molar-refractivity contribution < 1.29 is 81.0 Å². The highest BCUT2D eigenvalue weighted by Crippen LogP contribution is 2.43. The first kappa shape index (κ1) is 105. The molecule has 0 aliphatic carbocycles. The molecule has 24 nitrogen and oxygen atoms in total. The van der Waals surface area contributed by atoms with E-state index in [4.69, 9.17) is 52.1 Å². The summed E-state index contributed by atoms with van der Waals surface area (Å²) in [5, 5.41) is 27.8. The van der Waals surface area contributed by atoms with E-state index in [1.54, 1.807) is 36.4 Å². The number of carbonyl (C=O) groups is 5. The van der Waals surface area contributed by atoms with Crippen LogP contribution in [0.25, 0.3) is 0 Å². The Kier molecular flexibility index (Phi) is 50.9. The highest BCUT2D eigenvalue weighted by molar-refractivity contribution is 6.14. The van der Waals surface area contributed by atoms with Crippen molar-refractivity contribution >= 4 is 63.7 Å². The number of unbranched alkanes of at least 4 members (excludes halogenated alkanes) is 36. The molecule has 5 N–H and O–H groups in total. The SMILES string of the molecule is CCCCCCCCCCCCOc1cc(OC)c(C(=O)Nc2ccccc2OC)cc1NC(=O)c1cc(NC(=O)c2cc(NC(=O)c3cc(NC(=O)c4cc([N+](=O)[O-])c(OCC(C)C)cc4OCC(C)C)c(OCCCCCCCCCCCC)cc3OC)c(OCCCCCCCCCCCC)cc2OC)c(OCCCCCCCCCCCC)cc1OC. The van der Waals surface area contributed by atoms with Crippen molar-refractivity contribution in [3.8, 4) is 63.2 Å². The van der Waals surface area contributed by atoms with E-state index in [0.29, 0.717) is 37.3 Å². The minimum atomic E-state index is -0.801. The van der Waals surface area contributed by atoms with Gasteiger partial charge < -0.3 is 78.7 Å². The van der Waals surface area contributed by atoms with Gasteiger partial charge >= 0.3 is 5.69 Å². The number of benzene rings is 6. The average molecular weight is 1750 g/mol. The standard InChI is InChI=1S/C102H152N6O18/c1-14-18-22-26-30-34-38-42-46-52-58-121-93-67-88(117-10)76(98(109)103-81-56-50-51-57-87(81)116-9)62-82(93)104-99(110)77-63-83(94(68-89(77)118-11)122-59-53-47-43-39-35-31-27-23-19-15-2)105-100(111)78-64-84(95(69-90(78)119-12)123-60-54-48-44-40-36-32-28-24-20-16-3)106-101(112)79-65-85(96(70-91(79)120-13)124-61-55-49-45-41-37-33-29-25-21-17-4)107-102(113)80-66-86(108(114)115)97(126-73-75(7)8)71-92(80)125-72-74(5)6/h50-51,56-57,62-71,74-75H,14-49,52-55,58-61,72-73H2,1-13H3,(H,103,109)(H,104,110)(H,105,111)(H,106,112)(H,107,113). The van der Waals surface area contributed by atoms with Gasteiger partial charge in [0.1, 0.15) is 57.5 Å². The second-order valence-electron chi connectivity index (χ2n) is 33.8. The van der Waals surface area contributed by atoms with Crippen LogP contribution in [0.1, 0.15) is 364 Å². The van der Waals surface area contributed by atoms with E-state index in [2.05, 4.69) is 54.3 Å². The molecule has 6 aromatic rings. The third-order valence-electron chi connectivity index (χ3n) is 22.2. The van der Waals surface area contributed by atoms with Crippen LogP contribution in [0.5, 0.6) is 63.2 Å². The first-order valence-corrected chi connectivity index (χ1v) is 47.4. The number of carbonyl (C=O) groups excluding carboxylic acids is 5. The summed E-state index contributed by atoms with van der Waals surface area (Å²) in [5.74, 6) is -1.93. The molecule has 0 fully saturated rings. The zero-order valence-corrected chi connectivity index (χ0v) is 78.6. The molecule has 0 aromatic heterocycles. The molecule has 0 unspecified atom stereocenters. The highest BCUT2D eigenvalue weighted by Gasteiger charge is 2.30. The molecule has 0 bridgehead atoms. The van der Waals surface area contributed by atoms with E-state index in [1.165, 1.54) is 213 Å². The maximum Gasteiger partial charge on any atom is 0.312 e. The predicted molar refractivity (Wildman–Crippen MR) is 508 cm³/mol. The number of amides is 5. The molecule has 0 atom stereocenters. The van der Waals surface area contributed by atoms with Crippen molar-refractivity contribution in [3.63, 3.8) is 0 Å². The predicted octanol–water partition coefficient (Wildman–Crippen LogP) is 27.2. The van der Waals surface area contributed by atoms with E-state index in [-0.39, 0.29) is 153 Å². The Morgan fingerprint density at radius 3 is 0.738 bits per heavy atom. The van der Waals surface area contributed by atoms with Gasteiger partial charge in [0.2, 0.25) is 5.75 Å². The smallest absolute Gasteiger partial charge is 0.312 e. The summed E-state index contributed by atoms with van der Waals surface area (Å²) in [6.07, 6.45) is 43.9. The summed E-state index contributed by atoms with van der Waals surface area (Å²) < 4.78 is 67.9. The van der Waals surface area contributed by atoms with Gasteiger partial charge in [0.15, 0.2) is 0 Å². The number of nitro groups is 1. The lowest BCUT2D eigenvalue weighted by Crippen LogP contribution is -2.20. The van der Waals surface area contributed by atoms with Gasteiger partial charge in [-0.3, -0.25) is 34.1 Å². The minimum Gasteiger partial charge on any atom is -0.496 e. The normalized spacial score (nSPS) is 11.1. The Balaban J connectivity index is 1.45. The summed E-state index contributed by atoms with van der Waals surface area (Å²) in [7, 11) is 7.22. The maximum absolute atomic E-state index is 15.7. The summed E-state index contributed by atoms with van der Waals surface area (Å²) in [6.45, 7) is 18.0. The van der Waals surface area contributed by atoms with E-state index < -0.39 is 40.1 Å². The first-order chi connectivity index (χ1) is 61.3. The van der Waals surface area contributed by atoms with E-state index >= 15 is 19.2 Å². The number of hydrogen-bond acceptors (Lipinski definition) is 18. The van der Waals surface area contributed by atoms with E-state index in [0.717, 1.165) is 109 Å². The quantitative estimate of drug-likeness (QED) is 0.0135. The van der Waals surface area contributed by atoms with Gasteiger partial charge in [0.25, 0.3) is 29.5 Å². The van der Waals surface area contributed by atoms with Crippen LogP contribution >= 0.6 is 0 Å². The molecule has 0 radical (unpaired) electrons. The Morgan fingerprint density at radius 2 is 0.492 bits per heavy atom. The number of nitro benzene ring substituents is 1. The Bertz CT molecular complexity index is 4220. The van der Waals surface area contributed by atoms with Gasteiger partial charge in [-0.15, -0.1) is 0 Å². The maximum atomic E-state index is 15.7. The van der Waals surface area contributed by atoms with Gasteiger partial charge in [0, 0.05) is 36.4 Å². The lowest BCUT2D eigenvalue weighted by molar-refractivity contribution is -0.385. The molecular formula is C102H152N6O18. The van der Waals surface area contributed by atoms with Crippen LogP contribution in [-0.2, 0) is 0 Å². The van der Waals surface area contributed by atoms with Crippen LogP contribution < -0.4 is 78.7 Å². The molecule has 0 aliphatic heterocycles. The Morgan fingerprint density at radius 1 is 0.270 bits per heavy atom. The third kappa shape index (κ3) is 37.4. The molecule has 0 spiro atoms. The van der Waals surface area contributed by atoms with Gasteiger partial charge in [-0.2, -0.15) is 0 Å². The van der Waals surface area contributed by atoms with Crippen molar-refractivity contribution in [1.29, 1.82) is 0 Å². The fraction of sp³-hybridized carbons (Fsp3) is 0.598. The lowest BCUT2D eigenvalue weighted by Gasteiger charge is -2.20. The average Bonchev–Trinajstić information content (AvgIpc) is 0.793. The van der Waals surface area contributed by atoms with Crippen LogP contribution in [0.2, 0.25) is 0 Å². The zero-order chi connectivity index (χ0) is 91.1. The lowest BCUT2D eigenvalue weighted by atomic mass is 10.1. The van der Waals surface area contributed by atoms with Crippen LogP contribution in [0, 0.1) is 22.0 Å². The van der Waals surface area contributed by atoms with Crippen molar-refractivity contribution in [2.24, 2.45) is 11.8 Å². The number of ether oxygens (including phenoxy) is 11. The molecule has 0 heterocycles. The van der Waals surface area contributed by atoms with Crippen LogP contribution in [0.3, 0.4) is 0 Å². The van der Waals surface area contributed by atoms with Crippen LogP contribution in [0.15, 0.2) is 84.9 Å². The number of anilines is 5. The van der Waals surface area contributed by atoms with Gasteiger partial charge in [-0.25, -0.2) is 0 Å². The summed E-state index contributed by atoms with van der Waals surface area (Å²) in [6, 6.07) is 21.5. The van der Waals surface area contributed by atoms with Crippen LogP contribution in [0.4, 0.5) is 34.1 Å². The van der Waals surface area contributed by atoms with Gasteiger partial charge in [-0.1, -0.05) is 299 Å². The molecule has 0 saturated carbocycles. The van der Waals surface area contributed by atoms with E-state index in [1.807, 2.05) is 27.7 Å². The van der Waals surface area contributed by atoms with Gasteiger partial charge in [-0.05, 0) is 73.9 Å². The van der Waals surface area contributed by atoms with Crippen molar-refractivity contribution in [1.82, 2.24) is 0 Å². The van der Waals surface area contributed by atoms with Crippen molar-refractivity contribution in [3.05, 3.63) is 123 Å². The van der Waals surface area contributed by atoms with Crippen molar-refractivity contribution in [2.45, 2.75) is 312 Å². The number of para-hydroxylation sites is 2. The van der Waals surface area contributed by atoms with Crippen molar-refractivity contribution in [2.75, 3.05) is 102 Å². The molecule has 6 aromatic carbocycles. The highest BCUT2D eigenvalue weighted by atomic mass is 16.6. The largest absolute Gasteiger partial charge is 0.496 e. The second-order valence-corrected chi connectivity index (χ2v) is 33.8. The Labute approximate surface area is 752 Å². The molecular weight excluding hydrogens is 1600 g/mol.